The summed E-state index contributed by atoms with van der Waals surface area (Å²) < 4.78 is 15.0. The van der Waals surface area contributed by atoms with E-state index < -0.39 is 24.0 Å². The molecule has 0 aromatic heterocycles. The summed E-state index contributed by atoms with van der Waals surface area (Å²) in [6.07, 6.45) is 0.722. The second-order valence-electron chi connectivity index (χ2n) is 7.40. The number of nitrogens with one attached hydrogen (secondary N) is 3. The van der Waals surface area contributed by atoms with Crippen molar-refractivity contribution in [1.29, 1.82) is 0 Å². The molecule has 11 heteroatoms. The average Bonchev–Trinajstić information content (AvgIpc) is 2.81. The Morgan fingerprint density at radius 1 is 1.09 bits per heavy atom. The van der Waals surface area contributed by atoms with Gasteiger partial charge in [-0.1, -0.05) is 19.1 Å². The lowest BCUT2D eigenvalue weighted by atomic mass is 9.94. The molecule has 0 aliphatic carbocycles. The number of rotatable bonds is 11. The molecule has 1 atom stereocenters. The molecule has 1 heterocycles. The van der Waals surface area contributed by atoms with E-state index in [1.54, 1.807) is 38.1 Å². The van der Waals surface area contributed by atoms with Crippen molar-refractivity contribution in [2.75, 3.05) is 45.3 Å². The Bertz CT molecular complexity index is 914. The molecule has 0 saturated carbocycles. The van der Waals surface area contributed by atoms with Gasteiger partial charge in [0.1, 0.15) is 13.2 Å². The number of amides is 4. The molecule has 3 N–H and O–H groups in total. The Hall–Kier alpha value is -3.60. The fourth-order valence-electron chi connectivity index (χ4n) is 3.38. The van der Waals surface area contributed by atoms with Gasteiger partial charge >= 0.3 is 24.0 Å². The van der Waals surface area contributed by atoms with Crippen molar-refractivity contribution >= 4 is 29.7 Å². The van der Waals surface area contributed by atoms with E-state index in [-0.39, 0.29) is 32.4 Å². The minimum Gasteiger partial charge on any atom is -0.465 e. The molecule has 1 aromatic rings. The van der Waals surface area contributed by atoms with E-state index in [4.69, 9.17) is 14.2 Å². The van der Waals surface area contributed by atoms with Crippen LogP contribution in [0.15, 0.2) is 35.5 Å². The van der Waals surface area contributed by atoms with Crippen LogP contribution in [-0.4, -0.2) is 68.9 Å². The van der Waals surface area contributed by atoms with Gasteiger partial charge < -0.3 is 30.2 Å². The van der Waals surface area contributed by atoms with Crippen LogP contribution in [-0.2, 0) is 23.8 Å². The molecule has 0 saturated heterocycles. The first-order valence-electron chi connectivity index (χ1n) is 11.1. The number of benzene rings is 1. The van der Waals surface area contributed by atoms with Crippen LogP contribution in [0.5, 0.6) is 0 Å². The predicted molar refractivity (Wildman–Crippen MR) is 124 cm³/mol. The van der Waals surface area contributed by atoms with Crippen LogP contribution in [0.4, 0.5) is 15.3 Å². The van der Waals surface area contributed by atoms with Crippen molar-refractivity contribution in [2.24, 2.45) is 0 Å². The van der Waals surface area contributed by atoms with Crippen molar-refractivity contribution in [1.82, 2.24) is 15.5 Å². The lowest BCUT2D eigenvalue weighted by Gasteiger charge is -2.35. The molecule has 1 aliphatic heterocycles. The second-order valence-corrected chi connectivity index (χ2v) is 7.40. The van der Waals surface area contributed by atoms with E-state index in [2.05, 4.69) is 16.0 Å². The second kappa shape index (κ2) is 13.2. The highest BCUT2D eigenvalue weighted by Gasteiger charge is 2.36. The van der Waals surface area contributed by atoms with Crippen LogP contribution in [0.1, 0.15) is 38.8 Å². The summed E-state index contributed by atoms with van der Waals surface area (Å²) in [5, 5.41) is 7.88. The van der Waals surface area contributed by atoms with Crippen LogP contribution >= 0.6 is 0 Å². The highest BCUT2D eigenvalue weighted by molar-refractivity contribution is 5.95. The maximum atomic E-state index is 12.9. The lowest BCUT2D eigenvalue weighted by Crippen LogP contribution is -2.48. The van der Waals surface area contributed by atoms with Crippen LogP contribution in [0, 0.1) is 0 Å². The molecule has 0 bridgehead atoms. The number of methoxy groups -OCH3 is 1. The van der Waals surface area contributed by atoms with E-state index in [9.17, 15) is 19.2 Å². The molecule has 0 spiro atoms. The number of carbonyl (C=O) groups is 4. The first-order valence-corrected chi connectivity index (χ1v) is 11.1. The van der Waals surface area contributed by atoms with E-state index in [1.807, 2.05) is 6.92 Å². The van der Waals surface area contributed by atoms with E-state index in [1.165, 1.54) is 12.0 Å². The summed E-state index contributed by atoms with van der Waals surface area (Å²) in [6.45, 7) is 6.12. The SMILES string of the molecule is CCCN1C(=O)NC(c2ccc(NC(=O)NCC(=O)OCC)cc2)C(C(=O)OCCOC)=C1C. The van der Waals surface area contributed by atoms with Gasteiger partial charge in [0.25, 0.3) is 0 Å². The number of hydrogen-bond acceptors (Lipinski definition) is 7. The van der Waals surface area contributed by atoms with Crippen LogP contribution in [0.2, 0.25) is 0 Å². The number of allylic oxidation sites excluding steroid dienone is 1. The zero-order valence-electron chi connectivity index (χ0n) is 19.9. The monoisotopic (exact) mass is 476 g/mol. The van der Waals surface area contributed by atoms with Crippen molar-refractivity contribution < 1.29 is 33.4 Å². The van der Waals surface area contributed by atoms with Gasteiger partial charge in [-0.15, -0.1) is 0 Å². The van der Waals surface area contributed by atoms with Gasteiger partial charge in [-0.2, -0.15) is 0 Å². The van der Waals surface area contributed by atoms with Gasteiger partial charge in [0.15, 0.2) is 0 Å². The average molecular weight is 477 g/mol. The fourth-order valence-corrected chi connectivity index (χ4v) is 3.38. The number of ether oxygens (including phenoxy) is 3. The van der Waals surface area contributed by atoms with Crippen LogP contribution in [0.3, 0.4) is 0 Å². The van der Waals surface area contributed by atoms with E-state index in [0.29, 0.717) is 29.1 Å². The topological polar surface area (TPSA) is 135 Å². The molecule has 1 aliphatic rings. The highest BCUT2D eigenvalue weighted by atomic mass is 16.6. The number of anilines is 1. The third-order valence-electron chi connectivity index (χ3n) is 4.98. The van der Waals surface area contributed by atoms with Crippen molar-refractivity contribution in [3.05, 3.63) is 41.1 Å². The maximum absolute atomic E-state index is 12.9. The summed E-state index contributed by atoms with van der Waals surface area (Å²) >= 11 is 0. The Labute approximate surface area is 198 Å². The molecule has 0 radical (unpaired) electrons. The zero-order valence-corrected chi connectivity index (χ0v) is 19.9. The molecular formula is C23H32N4O7. The maximum Gasteiger partial charge on any atom is 0.338 e. The molecule has 0 fully saturated rings. The quantitative estimate of drug-likeness (QED) is 0.329. The minimum atomic E-state index is -0.720. The summed E-state index contributed by atoms with van der Waals surface area (Å²) in [5.41, 5.74) is 1.96. The van der Waals surface area contributed by atoms with Gasteiger partial charge in [-0.25, -0.2) is 14.4 Å². The van der Waals surface area contributed by atoms with Crippen molar-refractivity contribution in [3.8, 4) is 0 Å². The first kappa shape index (κ1) is 26.7. The first-order chi connectivity index (χ1) is 16.3. The number of hydrogen-bond donors (Lipinski definition) is 3. The Kier molecular flexibility index (Phi) is 10.3. The molecule has 1 unspecified atom stereocenters. The Morgan fingerprint density at radius 2 is 1.79 bits per heavy atom. The summed E-state index contributed by atoms with van der Waals surface area (Å²) in [6, 6.07) is 5.05. The lowest BCUT2D eigenvalue weighted by molar-refractivity contribution is -0.142. The van der Waals surface area contributed by atoms with Crippen LogP contribution in [0.25, 0.3) is 0 Å². The molecule has 34 heavy (non-hydrogen) atoms. The molecule has 11 nitrogen and oxygen atoms in total. The summed E-state index contributed by atoms with van der Waals surface area (Å²) in [4.78, 5) is 50.5. The normalized spacial score (nSPS) is 15.5. The Balaban J connectivity index is 2.19. The van der Waals surface area contributed by atoms with Gasteiger partial charge in [-0.05, 0) is 38.0 Å². The third kappa shape index (κ3) is 7.20. The van der Waals surface area contributed by atoms with Gasteiger partial charge in [0.05, 0.1) is 24.8 Å². The van der Waals surface area contributed by atoms with Gasteiger partial charge in [0, 0.05) is 25.0 Å². The number of esters is 2. The smallest absolute Gasteiger partial charge is 0.338 e. The predicted octanol–water partition coefficient (Wildman–Crippen LogP) is 2.31. The number of urea groups is 2. The number of carbonyl (C=O) groups excluding carboxylic acids is 4. The van der Waals surface area contributed by atoms with E-state index >= 15 is 0 Å². The van der Waals surface area contributed by atoms with Gasteiger partial charge in [0.2, 0.25) is 0 Å². The van der Waals surface area contributed by atoms with E-state index in [0.717, 1.165) is 6.42 Å². The molecular weight excluding hydrogens is 444 g/mol. The van der Waals surface area contributed by atoms with Gasteiger partial charge in [-0.3, -0.25) is 9.69 Å². The summed E-state index contributed by atoms with van der Waals surface area (Å²) in [5.74, 6) is -1.08. The zero-order chi connectivity index (χ0) is 25.1. The van der Waals surface area contributed by atoms with Crippen molar-refractivity contribution in [2.45, 2.75) is 33.2 Å². The van der Waals surface area contributed by atoms with Crippen LogP contribution < -0.4 is 16.0 Å². The molecule has 4 amide bonds. The summed E-state index contributed by atoms with van der Waals surface area (Å²) in [7, 11) is 1.51. The largest absolute Gasteiger partial charge is 0.465 e. The molecule has 1 aromatic carbocycles. The fraction of sp³-hybridized carbons (Fsp3) is 0.478. The number of nitrogens with zero attached hydrogens (tertiary/aromatic N) is 1. The molecule has 2 rings (SSSR count). The third-order valence-corrected chi connectivity index (χ3v) is 4.98. The molecule has 186 valence electrons. The Morgan fingerprint density at radius 3 is 2.41 bits per heavy atom. The minimum absolute atomic E-state index is 0.0876. The van der Waals surface area contributed by atoms with Crippen molar-refractivity contribution in [3.63, 3.8) is 0 Å². The standard InChI is InChI=1S/C23H32N4O7/c1-5-11-27-15(3)19(21(29)34-13-12-32-4)20(26-23(27)31)16-7-9-17(10-8-16)25-22(30)24-14-18(28)33-6-2/h7-10,20H,5-6,11-14H2,1-4H3,(H,26,31)(H2,24,25,30). The highest BCUT2D eigenvalue weighted by Crippen LogP contribution is 2.32.